The zero-order chi connectivity index (χ0) is 19.8. The minimum absolute atomic E-state index is 0.293. The van der Waals surface area contributed by atoms with Crippen molar-refractivity contribution in [3.63, 3.8) is 0 Å². The van der Waals surface area contributed by atoms with Gasteiger partial charge in [0.2, 0.25) is 0 Å². The molecule has 0 aromatic heterocycles. The van der Waals surface area contributed by atoms with Gasteiger partial charge in [0.05, 0.1) is 16.3 Å². The maximum absolute atomic E-state index is 13.4. The van der Waals surface area contributed by atoms with Gasteiger partial charge in [0.25, 0.3) is 11.8 Å². The molecule has 0 bridgehead atoms. The first-order valence-electron chi connectivity index (χ1n) is 9.37. The van der Waals surface area contributed by atoms with E-state index in [-0.39, 0.29) is 11.8 Å². The van der Waals surface area contributed by atoms with Gasteiger partial charge in [0.1, 0.15) is 5.70 Å². The molecule has 1 fully saturated rings. The van der Waals surface area contributed by atoms with Crippen molar-refractivity contribution in [3.8, 4) is 0 Å². The summed E-state index contributed by atoms with van der Waals surface area (Å²) >= 11 is 12.5. The Labute approximate surface area is 174 Å². The van der Waals surface area contributed by atoms with Crippen molar-refractivity contribution in [3.05, 3.63) is 69.3 Å². The zero-order valence-electron chi connectivity index (χ0n) is 15.5. The van der Waals surface area contributed by atoms with Crippen LogP contribution in [0.5, 0.6) is 0 Å². The van der Waals surface area contributed by atoms with Crippen molar-refractivity contribution in [1.82, 2.24) is 4.90 Å². The average molecular weight is 415 g/mol. The lowest BCUT2D eigenvalue weighted by Crippen LogP contribution is -2.37. The third-order valence-electron chi connectivity index (χ3n) is 5.19. The highest BCUT2D eigenvalue weighted by Gasteiger charge is 2.43. The number of benzene rings is 2. The number of piperidine rings is 1. The van der Waals surface area contributed by atoms with Gasteiger partial charge in [-0.05, 0) is 56.0 Å². The molecule has 0 atom stereocenters. The summed E-state index contributed by atoms with van der Waals surface area (Å²) in [4.78, 5) is 30.2. The average Bonchev–Trinajstić information content (AvgIpc) is 2.93. The van der Waals surface area contributed by atoms with Gasteiger partial charge < -0.3 is 4.90 Å². The van der Waals surface area contributed by atoms with Gasteiger partial charge >= 0.3 is 0 Å². The highest BCUT2D eigenvalue weighted by molar-refractivity contribution is 6.47. The number of carbonyl (C=O) groups excluding carboxylic acids is 2. The predicted octanol–water partition coefficient (Wildman–Crippen LogP) is 5.07. The largest absolute Gasteiger partial charge is 0.366 e. The predicted molar refractivity (Wildman–Crippen MR) is 112 cm³/mol. The fourth-order valence-electron chi connectivity index (χ4n) is 3.87. The number of halogens is 2. The Kier molecular flexibility index (Phi) is 5.17. The van der Waals surface area contributed by atoms with Crippen molar-refractivity contribution in [1.29, 1.82) is 0 Å². The molecule has 2 aliphatic rings. The van der Waals surface area contributed by atoms with Crippen LogP contribution in [0.1, 0.15) is 30.4 Å². The molecule has 0 spiro atoms. The van der Waals surface area contributed by atoms with Gasteiger partial charge in [-0.3, -0.25) is 9.59 Å². The van der Waals surface area contributed by atoms with E-state index in [1.54, 1.807) is 24.3 Å². The second kappa shape index (κ2) is 7.61. The molecular weight excluding hydrogens is 395 g/mol. The second-order valence-electron chi connectivity index (χ2n) is 7.18. The number of hydrogen-bond acceptors (Lipinski definition) is 3. The zero-order valence-corrected chi connectivity index (χ0v) is 17.1. The SMILES string of the molecule is Cc1cccc(N2C(=O)C(c3ccc(Cl)cc3Cl)=C(N3CCCCC3)C2=O)c1. The number of amides is 2. The first-order valence-corrected chi connectivity index (χ1v) is 10.1. The molecule has 0 saturated carbocycles. The van der Waals surface area contributed by atoms with Crippen LogP contribution < -0.4 is 4.90 Å². The lowest BCUT2D eigenvalue weighted by molar-refractivity contribution is -0.120. The Bertz CT molecular complexity index is 994. The monoisotopic (exact) mass is 414 g/mol. The van der Waals surface area contributed by atoms with Crippen LogP contribution in [0.4, 0.5) is 5.69 Å². The Morgan fingerprint density at radius 1 is 0.893 bits per heavy atom. The van der Waals surface area contributed by atoms with Gasteiger partial charge in [-0.15, -0.1) is 0 Å². The lowest BCUT2D eigenvalue weighted by atomic mass is 10.0. The number of hydrogen-bond donors (Lipinski definition) is 0. The van der Waals surface area contributed by atoms with Gasteiger partial charge in [-0.1, -0.05) is 41.4 Å². The Balaban J connectivity index is 1.87. The van der Waals surface area contributed by atoms with Crippen LogP contribution in [0.25, 0.3) is 5.57 Å². The Hall–Kier alpha value is -2.30. The standard InChI is InChI=1S/C22H20Cl2N2O2/c1-14-6-5-7-16(12-14)26-21(27)19(17-9-8-15(23)13-18(17)24)20(22(26)28)25-10-3-2-4-11-25/h5-9,12-13H,2-4,10-11H2,1H3. The van der Waals surface area contributed by atoms with E-state index < -0.39 is 0 Å². The molecule has 2 aromatic rings. The van der Waals surface area contributed by atoms with Crippen LogP contribution in [0.2, 0.25) is 10.0 Å². The summed E-state index contributed by atoms with van der Waals surface area (Å²) in [6.07, 6.45) is 3.12. The lowest BCUT2D eigenvalue weighted by Gasteiger charge is -2.29. The molecule has 6 heteroatoms. The fourth-order valence-corrected chi connectivity index (χ4v) is 4.37. The van der Waals surface area contributed by atoms with E-state index in [2.05, 4.69) is 0 Å². The molecule has 0 unspecified atom stereocenters. The number of likely N-dealkylation sites (tertiary alicyclic amines) is 1. The summed E-state index contributed by atoms with van der Waals surface area (Å²) in [6.45, 7) is 3.44. The molecule has 4 nitrogen and oxygen atoms in total. The van der Waals surface area contributed by atoms with E-state index in [1.165, 1.54) is 4.90 Å². The molecule has 2 aromatic carbocycles. The van der Waals surface area contributed by atoms with Crippen molar-refractivity contribution in [2.75, 3.05) is 18.0 Å². The summed E-state index contributed by atoms with van der Waals surface area (Å²) in [5.74, 6) is -0.640. The van der Waals surface area contributed by atoms with Crippen LogP contribution >= 0.6 is 23.2 Å². The smallest absolute Gasteiger partial charge is 0.282 e. The number of aryl methyl sites for hydroxylation is 1. The number of carbonyl (C=O) groups is 2. The highest BCUT2D eigenvalue weighted by Crippen LogP contribution is 2.39. The van der Waals surface area contributed by atoms with Crippen LogP contribution in [-0.4, -0.2) is 29.8 Å². The van der Waals surface area contributed by atoms with Crippen molar-refractivity contribution in [2.45, 2.75) is 26.2 Å². The Morgan fingerprint density at radius 2 is 1.64 bits per heavy atom. The maximum Gasteiger partial charge on any atom is 0.282 e. The van der Waals surface area contributed by atoms with Crippen molar-refractivity contribution < 1.29 is 9.59 Å². The summed E-state index contributed by atoms with van der Waals surface area (Å²) in [7, 11) is 0. The third-order valence-corrected chi connectivity index (χ3v) is 5.74. The maximum atomic E-state index is 13.4. The molecule has 2 heterocycles. The molecule has 2 amide bonds. The molecular formula is C22H20Cl2N2O2. The number of anilines is 1. The molecule has 4 rings (SSSR count). The fraction of sp³-hybridized carbons (Fsp3) is 0.273. The van der Waals surface area contributed by atoms with Crippen LogP contribution in [-0.2, 0) is 9.59 Å². The normalized spacial score (nSPS) is 17.7. The third kappa shape index (κ3) is 3.31. The molecule has 0 radical (unpaired) electrons. The second-order valence-corrected chi connectivity index (χ2v) is 8.02. The van der Waals surface area contributed by atoms with E-state index in [9.17, 15) is 9.59 Å². The minimum atomic E-state index is -0.347. The number of imide groups is 1. The van der Waals surface area contributed by atoms with E-state index >= 15 is 0 Å². The molecule has 144 valence electrons. The summed E-state index contributed by atoms with van der Waals surface area (Å²) in [5, 5.41) is 0.852. The van der Waals surface area contributed by atoms with E-state index in [0.717, 1.165) is 37.9 Å². The van der Waals surface area contributed by atoms with Gasteiger partial charge in [0, 0.05) is 23.7 Å². The van der Waals surface area contributed by atoms with E-state index in [0.29, 0.717) is 32.6 Å². The highest BCUT2D eigenvalue weighted by atomic mass is 35.5. The Morgan fingerprint density at radius 3 is 2.32 bits per heavy atom. The summed E-state index contributed by atoms with van der Waals surface area (Å²) < 4.78 is 0. The number of rotatable bonds is 3. The number of nitrogens with zero attached hydrogens (tertiary/aromatic N) is 2. The van der Waals surface area contributed by atoms with Crippen LogP contribution in [0.3, 0.4) is 0 Å². The topological polar surface area (TPSA) is 40.6 Å². The quantitative estimate of drug-likeness (QED) is 0.657. The molecule has 28 heavy (non-hydrogen) atoms. The minimum Gasteiger partial charge on any atom is -0.366 e. The summed E-state index contributed by atoms with van der Waals surface area (Å²) in [6, 6.07) is 12.4. The first-order chi connectivity index (χ1) is 13.5. The van der Waals surface area contributed by atoms with Crippen LogP contribution in [0, 0.1) is 6.92 Å². The van der Waals surface area contributed by atoms with E-state index in [1.807, 2.05) is 30.0 Å². The molecule has 0 aliphatic carbocycles. The summed E-state index contributed by atoms with van der Waals surface area (Å²) in [5.41, 5.74) is 2.89. The van der Waals surface area contributed by atoms with Gasteiger partial charge in [-0.25, -0.2) is 4.90 Å². The molecule has 2 aliphatic heterocycles. The van der Waals surface area contributed by atoms with Crippen LogP contribution in [0.15, 0.2) is 48.2 Å². The van der Waals surface area contributed by atoms with E-state index in [4.69, 9.17) is 23.2 Å². The first kappa shape index (κ1) is 19.0. The molecule has 0 N–H and O–H groups in total. The molecule has 1 saturated heterocycles. The van der Waals surface area contributed by atoms with Crippen molar-refractivity contribution >= 4 is 46.3 Å². The van der Waals surface area contributed by atoms with Gasteiger partial charge in [0.15, 0.2) is 0 Å². The van der Waals surface area contributed by atoms with Crippen molar-refractivity contribution in [2.24, 2.45) is 0 Å². The van der Waals surface area contributed by atoms with Gasteiger partial charge in [-0.2, -0.15) is 0 Å².